The Hall–Kier alpha value is -0.570. The van der Waals surface area contributed by atoms with Gasteiger partial charge in [0, 0.05) is 0 Å². The highest BCUT2D eigenvalue weighted by molar-refractivity contribution is 5.36. The summed E-state index contributed by atoms with van der Waals surface area (Å²) in [6.07, 6.45) is 13.1. The number of ether oxygens (including phenoxy) is 1. The Morgan fingerprint density at radius 3 is 1.69 bits per heavy atom. The monoisotopic (exact) mass is 231 g/mol. The van der Waals surface area contributed by atoms with Crippen LogP contribution in [0.15, 0.2) is 0 Å². The molecule has 98 valence electrons. The third-order valence-corrected chi connectivity index (χ3v) is 2.68. The first-order valence-electron chi connectivity index (χ1n) is 6.47. The predicted octanol–water partition coefficient (Wildman–Crippen LogP) is 4.24. The highest BCUT2D eigenvalue weighted by atomic mass is 16.5. The van der Waals surface area contributed by atoms with Crippen molar-refractivity contribution in [3.8, 4) is 0 Å². The van der Waals surface area contributed by atoms with Gasteiger partial charge in [0.05, 0.1) is 6.61 Å². The molecule has 0 aromatic rings. The zero-order chi connectivity index (χ0) is 11.2. The van der Waals surface area contributed by atoms with Crippen LogP contribution in [0.5, 0.6) is 0 Å². The van der Waals surface area contributed by atoms with Gasteiger partial charge in [-0.25, -0.2) is 0 Å². The van der Waals surface area contributed by atoms with Crippen LogP contribution in [-0.2, 0) is 9.53 Å². The van der Waals surface area contributed by atoms with E-state index in [1.807, 2.05) is 0 Å². The third kappa shape index (κ3) is 15.9. The second-order valence-electron chi connectivity index (χ2n) is 4.15. The highest BCUT2D eigenvalue weighted by Gasteiger charge is 1.92. The first kappa shape index (κ1) is 17.8. The first-order chi connectivity index (χ1) is 7.41. The largest absolute Gasteiger partial charge is 0.468 e. The van der Waals surface area contributed by atoms with Gasteiger partial charge in [0.1, 0.15) is 0 Å². The summed E-state index contributed by atoms with van der Waals surface area (Å²) in [6, 6.07) is 0. The van der Waals surface area contributed by atoms with Crippen molar-refractivity contribution in [3.05, 3.63) is 0 Å². The minimum absolute atomic E-state index is 0. The maximum Gasteiger partial charge on any atom is 0.293 e. The van der Waals surface area contributed by atoms with Gasteiger partial charge >= 0.3 is 0 Å². The van der Waals surface area contributed by atoms with E-state index in [2.05, 4.69) is 11.7 Å². The minimum atomic E-state index is 0. The Balaban J connectivity index is 0. The molecule has 0 rings (SSSR count). The molecule has 0 amide bonds. The van der Waals surface area contributed by atoms with Crippen LogP contribution in [-0.4, -0.2) is 13.1 Å². The van der Waals surface area contributed by atoms with Crippen molar-refractivity contribution in [2.24, 2.45) is 0 Å². The molecule has 0 aliphatic rings. The predicted molar refractivity (Wildman–Crippen MR) is 68.9 cm³/mol. The average molecular weight is 231 g/mol. The van der Waals surface area contributed by atoms with E-state index in [4.69, 9.17) is 0 Å². The van der Waals surface area contributed by atoms with Gasteiger partial charge in [-0.2, -0.15) is 0 Å². The van der Waals surface area contributed by atoms with Gasteiger partial charge < -0.3 is 10.9 Å². The van der Waals surface area contributed by atoms with Gasteiger partial charge in [-0.15, -0.1) is 0 Å². The Labute approximate surface area is 101 Å². The van der Waals surface area contributed by atoms with Gasteiger partial charge in [0.25, 0.3) is 6.47 Å². The van der Waals surface area contributed by atoms with E-state index in [9.17, 15) is 4.79 Å². The Bertz CT molecular complexity index is 129. The summed E-state index contributed by atoms with van der Waals surface area (Å²) >= 11 is 0. The van der Waals surface area contributed by atoms with E-state index >= 15 is 0 Å². The standard InChI is InChI=1S/C13H26O2.H3N/c1-2-3-4-5-6-7-8-9-10-11-12-15-13-14;/h13H,2-12H2,1H3;1H3. The molecule has 0 aliphatic heterocycles. The Kier molecular flexibility index (Phi) is 18.8. The normalized spacial score (nSPS) is 9.56. The van der Waals surface area contributed by atoms with Gasteiger partial charge in [0.2, 0.25) is 0 Å². The summed E-state index contributed by atoms with van der Waals surface area (Å²) in [7, 11) is 0. The van der Waals surface area contributed by atoms with Gasteiger partial charge in [-0.05, 0) is 6.42 Å². The molecule has 0 atom stereocenters. The topological polar surface area (TPSA) is 61.3 Å². The molecule has 0 saturated carbocycles. The summed E-state index contributed by atoms with van der Waals surface area (Å²) in [6.45, 7) is 3.38. The molecule has 0 saturated heterocycles. The first-order valence-corrected chi connectivity index (χ1v) is 6.47. The zero-order valence-electron chi connectivity index (χ0n) is 10.9. The Morgan fingerprint density at radius 1 is 0.812 bits per heavy atom. The van der Waals surface area contributed by atoms with E-state index in [-0.39, 0.29) is 6.15 Å². The third-order valence-electron chi connectivity index (χ3n) is 2.68. The fraction of sp³-hybridized carbons (Fsp3) is 0.923. The molecule has 3 nitrogen and oxygen atoms in total. The van der Waals surface area contributed by atoms with Crippen molar-refractivity contribution in [1.82, 2.24) is 6.15 Å². The molecular weight excluding hydrogens is 202 g/mol. The van der Waals surface area contributed by atoms with Crippen molar-refractivity contribution in [2.75, 3.05) is 6.61 Å². The molecule has 16 heavy (non-hydrogen) atoms. The SMILES string of the molecule is CCCCCCCCCCCCOC=O.N. The molecule has 0 heterocycles. The van der Waals surface area contributed by atoms with E-state index in [0.29, 0.717) is 13.1 Å². The maximum atomic E-state index is 9.84. The van der Waals surface area contributed by atoms with E-state index < -0.39 is 0 Å². The lowest BCUT2D eigenvalue weighted by Gasteiger charge is -2.01. The molecule has 0 spiro atoms. The van der Waals surface area contributed by atoms with Crippen molar-refractivity contribution in [1.29, 1.82) is 0 Å². The average Bonchev–Trinajstić information content (AvgIpc) is 2.26. The fourth-order valence-electron chi connectivity index (χ4n) is 1.72. The summed E-state index contributed by atoms with van der Waals surface area (Å²) in [5.74, 6) is 0. The number of rotatable bonds is 12. The fourth-order valence-corrected chi connectivity index (χ4v) is 1.72. The number of unbranched alkanes of at least 4 members (excludes halogenated alkanes) is 9. The molecule has 0 aromatic heterocycles. The Morgan fingerprint density at radius 2 is 1.25 bits per heavy atom. The van der Waals surface area contributed by atoms with Gasteiger partial charge in [0.15, 0.2) is 0 Å². The van der Waals surface area contributed by atoms with E-state index in [1.165, 1.54) is 57.8 Å². The molecule has 3 heteroatoms. The molecule has 0 radical (unpaired) electrons. The summed E-state index contributed by atoms with van der Waals surface area (Å²) < 4.78 is 4.62. The summed E-state index contributed by atoms with van der Waals surface area (Å²) in [5.41, 5.74) is 0. The van der Waals surface area contributed by atoms with E-state index in [1.54, 1.807) is 0 Å². The number of hydrogen-bond acceptors (Lipinski definition) is 3. The van der Waals surface area contributed by atoms with Crippen LogP contribution in [0, 0.1) is 0 Å². The van der Waals surface area contributed by atoms with Crippen LogP contribution in [0.2, 0.25) is 0 Å². The molecule has 0 unspecified atom stereocenters. The molecule has 0 aromatic carbocycles. The van der Waals surface area contributed by atoms with Crippen LogP contribution >= 0.6 is 0 Å². The summed E-state index contributed by atoms with van der Waals surface area (Å²) in [5, 5.41) is 0. The van der Waals surface area contributed by atoms with Crippen molar-refractivity contribution >= 4 is 6.47 Å². The van der Waals surface area contributed by atoms with Crippen molar-refractivity contribution < 1.29 is 9.53 Å². The van der Waals surface area contributed by atoms with Crippen LogP contribution < -0.4 is 6.15 Å². The second-order valence-corrected chi connectivity index (χ2v) is 4.15. The van der Waals surface area contributed by atoms with Crippen LogP contribution in [0.1, 0.15) is 71.1 Å². The lowest BCUT2D eigenvalue weighted by atomic mass is 10.1. The summed E-state index contributed by atoms with van der Waals surface area (Å²) in [4.78, 5) is 9.84. The lowest BCUT2D eigenvalue weighted by molar-refractivity contribution is -0.128. The molecular formula is C13H29NO2. The molecule has 0 bridgehead atoms. The maximum absolute atomic E-state index is 9.84. The van der Waals surface area contributed by atoms with Crippen molar-refractivity contribution in [2.45, 2.75) is 71.1 Å². The quantitative estimate of drug-likeness (QED) is 0.403. The van der Waals surface area contributed by atoms with Crippen LogP contribution in [0.4, 0.5) is 0 Å². The minimum Gasteiger partial charge on any atom is -0.468 e. The van der Waals surface area contributed by atoms with Gasteiger partial charge in [-0.3, -0.25) is 4.79 Å². The zero-order valence-corrected chi connectivity index (χ0v) is 10.9. The van der Waals surface area contributed by atoms with Crippen molar-refractivity contribution in [3.63, 3.8) is 0 Å². The second kappa shape index (κ2) is 16.8. The smallest absolute Gasteiger partial charge is 0.293 e. The molecule has 0 fully saturated rings. The molecule has 3 N–H and O–H groups in total. The number of carbonyl (C=O) groups is 1. The number of hydrogen-bond donors (Lipinski definition) is 1. The molecule has 0 aliphatic carbocycles. The van der Waals surface area contributed by atoms with Crippen LogP contribution in [0.25, 0.3) is 0 Å². The van der Waals surface area contributed by atoms with Crippen LogP contribution in [0.3, 0.4) is 0 Å². The van der Waals surface area contributed by atoms with Gasteiger partial charge in [-0.1, -0.05) is 64.7 Å². The highest BCUT2D eigenvalue weighted by Crippen LogP contribution is 2.10. The number of carbonyl (C=O) groups excluding carboxylic acids is 1. The van der Waals surface area contributed by atoms with E-state index in [0.717, 1.165) is 6.42 Å². The lowest BCUT2D eigenvalue weighted by Crippen LogP contribution is -1.91.